The molecule has 0 atom stereocenters. The summed E-state index contributed by atoms with van der Waals surface area (Å²) in [6.45, 7) is 3.11. The number of rotatable bonds is 4. The van der Waals surface area contributed by atoms with Crippen molar-refractivity contribution in [3.63, 3.8) is 0 Å². The molecule has 1 aliphatic heterocycles. The van der Waals surface area contributed by atoms with Gasteiger partial charge in [-0.1, -0.05) is 35.5 Å². The molecule has 3 rings (SSSR count). The molecule has 5 nitrogen and oxygen atoms in total. The Morgan fingerprint density at radius 1 is 1.20 bits per heavy atom. The number of likely N-dealkylation sites (tertiary alicyclic amines) is 1. The Morgan fingerprint density at radius 2 is 1.95 bits per heavy atom. The summed E-state index contributed by atoms with van der Waals surface area (Å²) >= 11 is 0. The molecular weight excluding hydrogens is 252 g/mol. The molecule has 0 radical (unpaired) electrons. The molecule has 2 heterocycles. The van der Waals surface area contributed by atoms with Crippen molar-refractivity contribution >= 4 is 6.29 Å². The monoisotopic (exact) mass is 270 g/mol. The molecule has 0 spiro atoms. The number of aldehydes is 1. The van der Waals surface area contributed by atoms with Crippen LogP contribution >= 0.6 is 0 Å². The lowest BCUT2D eigenvalue weighted by Gasteiger charge is -2.31. The third-order valence-corrected chi connectivity index (χ3v) is 3.83. The minimum absolute atomic E-state index is 0.364. The second kappa shape index (κ2) is 5.96. The van der Waals surface area contributed by atoms with E-state index in [1.807, 2.05) is 10.7 Å². The number of nitrogens with zero attached hydrogens (tertiary/aromatic N) is 4. The highest BCUT2D eigenvalue weighted by Crippen LogP contribution is 2.22. The number of carbonyl (C=O) groups is 1. The average Bonchev–Trinajstić information content (AvgIpc) is 2.98. The highest BCUT2D eigenvalue weighted by atomic mass is 16.1. The van der Waals surface area contributed by atoms with Crippen molar-refractivity contribution in [1.29, 1.82) is 0 Å². The van der Waals surface area contributed by atoms with Crippen LogP contribution in [0.25, 0.3) is 0 Å². The molecule has 1 saturated heterocycles. The van der Waals surface area contributed by atoms with Crippen LogP contribution in [0.2, 0.25) is 0 Å². The van der Waals surface area contributed by atoms with E-state index in [1.54, 1.807) is 6.20 Å². The van der Waals surface area contributed by atoms with E-state index < -0.39 is 0 Å². The van der Waals surface area contributed by atoms with Crippen LogP contribution < -0.4 is 0 Å². The van der Waals surface area contributed by atoms with E-state index in [1.165, 1.54) is 5.56 Å². The maximum Gasteiger partial charge on any atom is 0.171 e. The van der Waals surface area contributed by atoms with Gasteiger partial charge in [0.15, 0.2) is 6.29 Å². The van der Waals surface area contributed by atoms with Crippen molar-refractivity contribution < 1.29 is 4.79 Å². The predicted octanol–water partition coefficient (Wildman–Crippen LogP) is 1.93. The number of carbonyl (C=O) groups excluding carboxylic acids is 1. The maximum absolute atomic E-state index is 10.6. The normalized spacial score (nSPS) is 17.2. The molecule has 0 bridgehead atoms. The van der Waals surface area contributed by atoms with Gasteiger partial charge in [-0.25, -0.2) is 4.68 Å². The fraction of sp³-hybridized carbons (Fsp3) is 0.400. The predicted molar refractivity (Wildman–Crippen MR) is 75.4 cm³/mol. The Morgan fingerprint density at radius 3 is 2.60 bits per heavy atom. The average molecular weight is 270 g/mol. The van der Waals surface area contributed by atoms with Crippen LogP contribution in [0.4, 0.5) is 0 Å². The molecule has 0 unspecified atom stereocenters. The molecule has 1 aliphatic rings. The lowest BCUT2D eigenvalue weighted by Crippen LogP contribution is -2.34. The van der Waals surface area contributed by atoms with Gasteiger partial charge in [0.05, 0.1) is 12.2 Å². The minimum atomic E-state index is 0.364. The fourth-order valence-electron chi connectivity index (χ4n) is 2.71. The molecule has 0 amide bonds. The molecule has 1 aromatic carbocycles. The summed E-state index contributed by atoms with van der Waals surface area (Å²) in [5.41, 5.74) is 1.77. The zero-order valence-corrected chi connectivity index (χ0v) is 11.4. The first-order valence-corrected chi connectivity index (χ1v) is 6.98. The smallest absolute Gasteiger partial charge is 0.171 e. The first-order chi connectivity index (χ1) is 9.85. The van der Waals surface area contributed by atoms with Crippen LogP contribution in [0.3, 0.4) is 0 Å². The van der Waals surface area contributed by atoms with Gasteiger partial charge in [0, 0.05) is 19.6 Å². The van der Waals surface area contributed by atoms with E-state index in [0.29, 0.717) is 11.7 Å². The number of piperidine rings is 1. The second-order valence-electron chi connectivity index (χ2n) is 5.23. The third-order valence-electron chi connectivity index (χ3n) is 3.83. The van der Waals surface area contributed by atoms with Crippen molar-refractivity contribution in [2.24, 2.45) is 0 Å². The standard InChI is InChI=1S/C15H18N4O/c20-12-14-11-19(17-16-14)15-6-8-18(9-7-15)10-13-4-2-1-3-5-13/h1-5,11-12,15H,6-10H2. The minimum Gasteiger partial charge on any atom is -0.299 e. The van der Waals surface area contributed by atoms with E-state index >= 15 is 0 Å². The molecule has 104 valence electrons. The van der Waals surface area contributed by atoms with Crippen molar-refractivity contribution in [2.45, 2.75) is 25.4 Å². The van der Waals surface area contributed by atoms with E-state index in [9.17, 15) is 4.79 Å². The van der Waals surface area contributed by atoms with Gasteiger partial charge in [-0.2, -0.15) is 0 Å². The quantitative estimate of drug-likeness (QED) is 0.797. The van der Waals surface area contributed by atoms with Crippen molar-refractivity contribution in [1.82, 2.24) is 19.9 Å². The summed E-state index contributed by atoms with van der Waals surface area (Å²) in [7, 11) is 0. The molecule has 1 fully saturated rings. The first-order valence-electron chi connectivity index (χ1n) is 6.98. The highest BCUT2D eigenvalue weighted by molar-refractivity contribution is 5.70. The van der Waals surface area contributed by atoms with E-state index in [2.05, 4.69) is 39.5 Å². The second-order valence-corrected chi connectivity index (χ2v) is 5.23. The largest absolute Gasteiger partial charge is 0.299 e. The number of hydrogen-bond donors (Lipinski definition) is 0. The Bertz CT molecular complexity index is 558. The van der Waals surface area contributed by atoms with Crippen LogP contribution in [0.15, 0.2) is 36.5 Å². The van der Waals surface area contributed by atoms with Gasteiger partial charge < -0.3 is 0 Å². The molecule has 20 heavy (non-hydrogen) atoms. The van der Waals surface area contributed by atoms with Gasteiger partial charge in [-0.15, -0.1) is 5.10 Å². The summed E-state index contributed by atoms with van der Waals surface area (Å²) in [6, 6.07) is 10.9. The Balaban J connectivity index is 1.55. The van der Waals surface area contributed by atoms with Crippen LogP contribution in [0, 0.1) is 0 Å². The summed E-state index contributed by atoms with van der Waals surface area (Å²) in [4.78, 5) is 13.1. The van der Waals surface area contributed by atoms with Gasteiger partial charge in [-0.05, 0) is 18.4 Å². The van der Waals surface area contributed by atoms with Gasteiger partial charge in [0.1, 0.15) is 5.69 Å². The molecule has 2 aromatic rings. The van der Waals surface area contributed by atoms with E-state index in [-0.39, 0.29) is 0 Å². The van der Waals surface area contributed by atoms with Gasteiger partial charge in [0.25, 0.3) is 0 Å². The lowest BCUT2D eigenvalue weighted by atomic mass is 10.0. The fourth-order valence-corrected chi connectivity index (χ4v) is 2.71. The first kappa shape index (κ1) is 13.0. The lowest BCUT2D eigenvalue weighted by molar-refractivity contribution is 0.111. The van der Waals surface area contributed by atoms with Gasteiger partial charge >= 0.3 is 0 Å². The SMILES string of the molecule is O=Cc1cn(C2CCN(Cc3ccccc3)CC2)nn1. The van der Waals surface area contributed by atoms with Crippen LogP contribution in [-0.2, 0) is 6.54 Å². The van der Waals surface area contributed by atoms with Crippen LogP contribution in [-0.4, -0.2) is 39.3 Å². The van der Waals surface area contributed by atoms with Gasteiger partial charge in [-0.3, -0.25) is 9.69 Å². The molecule has 0 saturated carbocycles. The van der Waals surface area contributed by atoms with Crippen molar-refractivity contribution in [2.75, 3.05) is 13.1 Å². The topological polar surface area (TPSA) is 51.0 Å². The molecule has 0 aliphatic carbocycles. The number of benzene rings is 1. The molecular formula is C15H18N4O. The number of aromatic nitrogens is 3. The zero-order chi connectivity index (χ0) is 13.8. The molecule has 5 heteroatoms. The van der Waals surface area contributed by atoms with Crippen molar-refractivity contribution in [3.8, 4) is 0 Å². The van der Waals surface area contributed by atoms with E-state index in [0.717, 1.165) is 38.8 Å². The van der Waals surface area contributed by atoms with Gasteiger partial charge in [0.2, 0.25) is 0 Å². The summed E-state index contributed by atoms with van der Waals surface area (Å²) < 4.78 is 1.84. The summed E-state index contributed by atoms with van der Waals surface area (Å²) in [5.74, 6) is 0. The molecule has 1 aromatic heterocycles. The Hall–Kier alpha value is -2.01. The number of hydrogen-bond acceptors (Lipinski definition) is 4. The van der Waals surface area contributed by atoms with Crippen molar-refractivity contribution in [3.05, 3.63) is 47.8 Å². The molecule has 0 N–H and O–H groups in total. The van der Waals surface area contributed by atoms with Crippen LogP contribution in [0.1, 0.15) is 34.9 Å². The van der Waals surface area contributed by atoms with Crippen LogP contribution in [0.5, 0.6) is 0 Å². The van der Waals surface area contributed by atoms with E-state index in [4.69, 9.17) is 0 Å². The summed E-state index contributed by atoms with van der Waals surface area (Å²) in [5, 5.41) is 7.86. The zero-order valence-electron chi connectivity index (χ0n) is 11.4. The highest BCUT2D eigenvalue weighted by Gasteiger charge is 2.21. The third kappa shape index (κ3) is 2.93. The summed E-state index contributed by atoms with van der Waals surface area (Å²) in [6.07, 6.45) is 4.58. The Labute approximate surface area is 118 Å². The Kier molecular flexibility index (Phi) is 3.87. The maximum atomic E-state index is 10.6.